The lowest BCUT2D eigenvalue weighted by atomic mass is 9.88. The molecular formula is C12H23NO. The van der Waals surface area contributed by atoms with Crippen LogP contribution in [-0.4, -0.2) is 29.3 Å². The van der Waals surface area contributed by atoms with Gasteiger partial charge in [0, 0.05) is 31.0 Å². The van der Waals surface area contributed by atoms with Crippen LogP contribution in [0.15, 0.2) is 0 Å². The Morgan fingerprint density at radius 3 is 2.36 bits per heavy atom. The van der Waals surface area contributed by atoms with Crippen LogP contribution in [0.4, 0.5) is 0 Å². The number of carbonyl (C=O) groups is 1. The molecule has 1 rings (SSSR count). The van der Waals surface area contributed by atoms with Gasteiger partial charge in [-0.25, -0.2) is 0 Å². The van der Waals surface area contributed by atoms with Gasteiger partial charge in [0.05, 0.1) is 0 Å². The van der Waals surface area contributed by atoms with Crippen molar-refractivity contribution in [2.75, 3.05) is 13.1 Å². The molecular weight excluding hydrogens is 174 g/mol. The second-order valence-electron chi connectivity index (χ2n) is 5.34. The molecule has 0 atom stereocenters. The molecule has 0 bridgehead atoms. The number of carbonyl (C=O) groups excluding carboxylic acids is 1. The summed E-state index contributed by atoms with van der Waals surface area (Å²) in [5, 5.41) is 0. The Balaban J connectivity index is 2.24. The smallest absolute Gasteiger partial charge is 0.138 e. The molecule has 0 N–H and O–H groups in total. The van der Waals surface area contributed by atoms with Gasteiger partial charge in [-0.05, 0) is 27.2 Å². The predicted octanol–water partition coefficient (Wildman–Crippen LogP) is 2.48. The van der Waals surface area contributed by atoms with Gasteiger partial charge >= 0.3 is 0 Å². The first-order valence-corrected chi connectivity index (χ1v) is 5.73. The molecule has 2 nitrogen and oxygen atoms in total. The van der Waals surface area contributed by atoms with E-state index in [0.29, 0.717) is 11.7 Å². The van der Waals surface area contributed by atoms with Crippen molar-refractivity contribution in [3.63, 3.8) is 0 Å². The summed E-state index contributed by atoms with van der Waals surface area (Å²) < 4.78 is 0. The van der Waals surface area contributed by atoms with Gasteiger partial charge in [0.15, 0.2) is 0 Å². The van der Waals surface area contributed by atoms with Gasteiger partial charge in [-0.2, -0.15) is 0 Å². The molecule has 0 aliphatic carbocycles. The van der Waals surface area contributed by atoms with Gasteiger partial charge in [-0.3, -0.25) is 9.69 Å². The minimum atomic E-state index is 0.238. The molecule has 1 heterocycles. The fourth-order valence-electron chi connectivity index (χ4n) is 1.79. The maximum absolute atomic E-state index is 11.6. The average molecular weight is 197 g/mol. The molecule has 0 saturated carbocycles. The fourth-order valence-corrected chi connectivity index (χ4v) is 1.79. The largest absolute Gasteiger partial charge is 0.299 e. The number of likely N-dealkylation sites (tertiary alicyclic amines) is 1. The maximum Gasteiger partial charge on any atom is 0.138 e. The highest BCUT2D eigenvalue weighted by atomic mass is 16.1. The van der Waals surface area contributed by atoms with E-state index in [1.54, 1.807) is 0 Å². The van der Waals surface area contributed by atoms with E-state index in [4.69, 9.17) is 0 Å². The molecule has 0 spiro atoms. The highest BCUT2D eigenvalue weighted by Crippen LogP contribution is 2.26. The van der Waals surface area contributed by atoms with Crippen LogP contribution in [0.5, 0.6) is 0 Å². The van der Waals surface area contributed by atoms with Gasteiger partial charge in [0.1, 0.15) is 5.78 Å². The number of nitrogens with zero attached hydrogens (tertiary/aromatic N) is 1. The van der Waals surface area contributed by atoms with Crippen LogP contribution in [-0.2, 0) is 4.79 Å². The monoisotopic (exact) mass is 197 g/mol. The minimum absolute atomic E-state index is 0.238. The van der Waals surface area contributed by atoms with Crippen LogP contribution in [0.2, 0.25) is 0 Å². The molecule has 0 aromatic heterocycles. The van der Waals surface area contributed by atoms with Crippen LogP contribution < -0.4 is 0 Å². The number of rotatable bonds is 4. The van der Waals surface area contributed by atoms with E-state index in [2.05, 4.69) is 32.6 Å². The van der Waals surface area contributed by atoms with E-state index in [0.717, 1.165) is 32.4 Å². The van der Waals surface area contributed by atoms with Crippen molar-refractivity contribution < 1.29 is 4.79 Å². The normalized spacial score (nSPS) is 19.4. The molecule has 0 amide bonds. The Hall–Kier alpha value is -0.370. The minimum Gasteiger partial charge on any atom is -0.299 e. The highest BCUT2D eigenvalue weighted by Gasteiger charge is 2.37. The summed E-state index contributed by atoms with van der Waals surface area (Å²) >= 11 is 0. The Labute approximate surface area is 87.7 Å². The second kappa shape index (κ2) is 4.43. The van der Waals surface area contributed by atoms with E-state index in [1.165, 1.54) is 0 Å². The quantitative estimate of drug-likeness (QED) is 0.690. The highest BCUT2D eigenvalue weighted by molar-refractivity contribution is 5.82. The van der Waals surface area contributed by atoms with Crippen molar-refractivity contribution in [3.05, 3.63) is 0 Å². The summed E-state index contributed by atoms with van der Waals surface area (Å²) in [5.74, 6) is 0.813. The van der Waals surface area contributed by atoms with Crippen LogP contribution in [0.25, 0.3) is 0 Å². The lowest BCUT2D eigenvalue weighted by Gasteiger charge is -2.47. The predicted molar refractivity (Wildman–Crippen MR) is 59.3 cm³/mol. The van der Waals surface area contributed by atoms with Gasteiger partial charge in [0.25, 0.3) is 0 Å². The SMILES string of the molecule is CCCCC(=O)C1CN(C(C)(C)C)C1. The summed E-state index contributed by atoms with van der Waals surface area (Å²) in [6.45, 7) is 10.7. The number of unbranched alkanes of at least 4 members (excludes halogenated alkanes) is 1. The Bertz CT molecular complexity index is 199. The topological polar surface area (TPSA) is 20.3 Å². The molecule has 1 saturated heterocycles. The summed E-state index contributed by atoms with van der Waals surface area (Å²) in [4.78, 5) is 14.0. The number of hydrogen-bond donors (Lipinski definition) is 0. The first-order chi connectivity index (χ1) is 6.45. The fraction of sp³-hybridized carbons (Fsp3) is 0.917. The third-order valence-electron chi connectivity index (χ3n) is 3.06. The third-order valence-corrected chi connectivity index (χ3v) is 3.06. The van der Waals surface area contributed by atoms with Crippen molar-refractivity contribution >= 4 is 5.78 Å². The number of Topliss-reactive ketones (excluding diaryl/α,β-unsaturated/α-hetero) is 1. The maximum atomic E-state index is 11.6. The molecule has 0 aromatic rings. The molecule has 0 aromatic carbocycles. The van der Waals surface area contributed by atoms with Crippen molar-refractivity contribution in [1.29, 1.82) is 0 Å². The van der Waals surface area contributed by atoms with Gasteiger partial charge < -0.3 is 0 Å². The zero-order valence-corrected chi connectivity index (χ0v) is 9.97. The zero-order chi connectivity index (χ0) is 10.8. The number of ketones is 1. The Kier molecular flexibility index (Phi) is 3.71. The lowest BCUT2D eigenvalue weighted by Crippen LogP contribution is -2.58. The summed E-state index contributed by atoms with van der Waals surface area (Å²) in [7, 11) is 0. The van der Waals surface area contributed by atoms with Crippen molar-refractivity contribution in [1.82, 2.24) is 4.90 Å². The van der Waals surface area contributed by atoms with Gasteiger partial charge in [-0.1, -0.05) is 13.3 Å². The molecule has 2 heteroatoms. The summed E-state index contributed by atoms with van der Waals surface area (Å²) in [5.41, 5.74) is 0.238. The van der Waals surface area contributed by atoms with Crippen LogP contribution in [0, 0.1) is 5.92 Å². The Morgan fingerprint density at radius 1 is 1.36 bits per heavy atom. The lowest BCUT2D eigenvalue weighted by molar-refractivity contribution is -0.130. The van der Waals surface area contributed by atoms with Crippen molar-refractivity contribution in [2.45, 2.75) is 52.5 Å². The number of hydrogen-bond acceptors (Lipinski definition) is 2. The molecule has 0 radical (unpaired) electrons. The molecule has 82 valence electrons. The van der Waals surface area contributed by atoms with Gasteiger partial charge in [0.2, 0.25) is 0 Å². The van der Waals surface area contributed by atoms with E-state index in [1.807, 2.05) is 0 Å². The molecule has 1 aliphatic heterocycles. The standard InChI is InChI=1S/C12H23NO/c1-5-6-7-11(14)10-8-13(9-10)12(2,3)4/h10H,5-9H2,1-4H3. The van der Waals surface area contributed by atoms with Crippen molar-refractivity contribution in [2.24, 2.45) is 5.92 Å². The molecule has 1 aliphatic rings. The second-order valence-corrected chi connectivity index (χ2v) is 5.34. The van der Waals surface area contributed by atoms with Crippen molar-refractivity contribution in [3.8, 4) is 0 Å². The first-order valence-electron chi connectivity index (χ1n) is 5.73. The Morgan fingerprint density at radius 2 is 1.93 bits per heavy atom. The van der Waals surface area contributed by atoms with E-state index in [-0.39, 0.29) is 5.54 Å². The zero-order valence-electron chi connectivity index (χ0n) is 9.97. The van der Waals surface area contributed by atoms with E-state index in [9.17, 15) is 4.79 Å². The first kappa shape index (κ1) is 11.7. The summed E-state index contributed by atoms with van der Waals surface area (Å²) in [6, 6.07) is 0. The third kappa shape index (κ3) is 2.81. The van der Waals surface area contributed by atoms with Crippen LogP contribution >= 0.6 is 0 Å². The van der Waals surface area contributed by atoms with Crippen LogP contribution in [0.3, 0.4) is 0 Å². The summed E-state index contributed by atoms with van der Waals surface area (Å²) in [6.07, 6.45) is 2.98. The molecule has 14 heavy (non-hydrogen) atoms. The van der Waals surface area contributed by atoms with E-state index < -0.39 is 0 Å². The average Bonchev–Trinajstić information content (AvgIpc) is 1.94. The van der Waals surface area contributed by atoms with Crippen LogP contribution in [0.1, 0.15) is 47.0 Å². The molecule has 0 unspecified atom stereocenters. The molecule has 1 fully saturated rings. The van der Waals surface area contributed by atoms with Gasteiger partial charge in [-0.15, -0.1) is 0 Å². The van der Waals surface area contributed by atoms with E-state index >= 15 is 0 Å².